The van der Waals surface area contributed by atoms with E-state index in [0.29, 0.717) is 11.6 Å². The van der Waals surface area contributed by atoms with Crippen LogP contribution in [0, 0.1) is 12.8 Å². The molecular formula is C19H28N4O. The lowest BCUT2D eigenvalue weighted by Gasteiger charge is -2.33. The SMILES string of the molecule is Cc1nc2c(cnn2C(C)C)cc1C(=O)N(C)C1CCC(C)CC1. The van der Waals surface area contributed by atoms with E-state index in [4.69, 9.17) is 0 Å². The summed E-state index contributed by atoms with van der Waals surface area (Å²) in [6.07, 6.45) is 6.42. The van der Waals surface area contributed by atoms with Gasteiger partial charge in [-0.2, -0.15) is 5.10 Å². The number of aryl methyl sites for hydroxylation is 1. The van der Waals surface area contributed by atoms with Crippen LogP contribution in [0.1, 0.15) is 68.5 Å². The van der Waals surface area contributed by atoms with Gasteiger partial charge in [0.1, 0.15) is 0 Å². The number of nitrogens with zero attached hydrogens (tertiary/aromatic N) is 4. The normalized spacial score (nSPS) is 21.4. The summed E-state index contributed by atoms with van der Waals surface area (Å²) < 4.78 is 1.91. The molecule has 0 unspecified atom stereocenters. The lowest BCUT2D eigenvalue weighted by Crippen LogP contribution is -2.39. The van der Waals surface area contributed by atoms with Crippen molar-refractivity contribution in [2.75, 3.05) is 7.05 Å². The van der Waals surface area contributed by atoms with Gasteiger partial charge in [-0.25, -0.2) is 9.67 Å². The van der Waals surface area contributed by atoms with Gasteiger partial charge >= 0.3 is 0 Å². The predicted octanol–water partition coefficient (Wildman–Crippen LogP) is 3.97. The third kappa shape index (κ3) is 3.04. The maximum absolute atomic E-state index is 13.0. The van der Waals surface area contributed by atoms with Crippen molar-refractivity contribution in [1.82, 2.24) is 19.7 Å². The third-order valence-electron chi connectivity index (χ3n) is 5.33. The molecule has 1 saturated carbocycles. The number of fused-ring (bicyclic) bond motifs is 1. The Morgan fingerprint density at radius 1 is 1.29 bits per heavy atom. The van der Waals surface area contributed by atoms with Crippen molar-refractivity contribution in [2.24, 2.45) is 5.92 Å². The van der Waals surface area contributed by atoms with Crippen molar-refractivity contribution in [2.45, 2.75) is 65.5 Å². The van der Waals surface area contributed by atoms with Crippen LogP contribution in [0.3, 0.4) is 0 Å². The Bertz CT molecular complexity index is 741. The van der Waals surface area contributed by atoms with Crippen LogP contribution in [-0.2, 0) is 0 Å². The van der Waals surface area contributed by atoms with E-state index in [-0.39, 0.29) is 11.9 Å². The standard InChI is InChI=1S/C19H28N4O/c1-12(2)23-18-15(11-20-23)10-17(14(4)21-18)19(24)22(5)16-8-6-13(3)7-9-16/h10-13,16H,6-9H2,1-5H3. The molecule has 5 nitrogen and oxygen atoms in total. The van der Waals surface area contributed by atoms with Gasteiger partial charge in [0.25, 0.3) is 5.91 Å². The lowest BCUT2D eigenvalue weighted by atomic mass is 9.86. The molecule has 0 aliphatic heterocycles. The minimum Gasteiger partial charge on any atom is -0.339 e. The van der Waals surface area contributed by atoms with E-state index in [1.54, 1.807) is 6.20 Å². The molecule has 24 heavy (non-hydrogen) atoms. The molecule has 0 bridgehead atoms. The Morgan fingerprint density at radius 2 is 1.96 bits per heavy atom. The fourth-order valence-corrected chi connectivity index (χ4v) is 3.65. The van der Waals surface area contributed by atoms with E-state index in [0.717, 1.165) is 35.5 Å². The van der Waals surface area contributed by atoms with Crippen molar-refractivity contribution < 1.29 is 4.79 Å². The number of carbonyl (C=O) groups excluding carboxylic acids is 1. The molecule has 2 aromatic rings. The van der Waals surface area contributed by atoms with Gasteiger partial charge in [0.15, 0.2) is 5.65 Å². The second kappa shape index (κ2) is 6.54. The van der Waals surface area contributed by atoms with Crippen LogP contribution in [0.15, 0.2) is 12.3 Å². The number of rotatable bonds is 3. The van der Waals surface area contributed by atoms with Gasteiger partial charge in [-0.15, -0.1) is 0 Å². The predicted molar refractivity (Wildman–Crippen MR) is 96.2 cm³/mol. The largest absolute Gasteiger partial charge is 0.339 e. The highest BCUT2D eigenvalue weighted by atomic mass is 16.2. The lowest BCUT2D eigenvalue weighted by molar-refractivity contribution is 0.0678. The molecule has 2 aromatic heterocycles. The topological polar surface area (TPSA) is 51.0 Å². The summed E-state index contributed by atoms with van der Waals surface area (Å²) in [6.45, 7) is 8.38. The van der Waals surface area contributed by atoms with Crippen molar-refractivity contribution >= 4 is 16.9 Å². The maximum Gasteiger partial charge on any atom is 0.255 e. The summed E-state index contributed by atoms with van der Waals surface area (Å²) in [7, 11) is 1.93. The number of pyridine rings is 1. The summed E-state index contributed by atoms with van der Waals surface area (Å²) in [4.78, 5) is 19.6. The van der Waals surface area contributed by atoms with Crippen molar-refractivity contribution in [1.29, 1.82) is 0 Å². The summed E-state index contributed by atoms with van der Waals surface area (Å²) in [5.74, 6) is 0.866. The van der Waals surface area contributed by atoms with Crippen LogP contribution < -0.4 is 0 Å². The van der Waals surface area contributed by atoms with Gasteiger partial charge < -0.3 is 4.90 Å². The Labute approximate surface area is 144 Å². The van der Waals surface area contributed by atoms with Gasteiger partial charge in [-0.3, -0.25) is 4.79 Å². The highest BCUT2D eigenvalue weighted by Gasteiger charge is 2.27. The summed E-state index contributed by atoms with van der Waals surface area (Å²) in [5.41, 5.74) is 2.34. The molecule has 130 valence electrons. The van der Waals surface area contributed by atoms with Crippen molar-refractivity contribution in [3.8, 4) is 0 Å². The summed E-state index contributed by atoms with van der Waals surface area (Å²) in [6, 6.07) is 2.55. The van der Waals surface area contributed by atoms with Gasteiger partial charge in [0.2, 0.25) is 0 Å². The maximum atomic E-state index is 13.0. The second-order valence-corrected chi connectivity index (χ2v) is 7.55. The fraction of sp³-hybridized carbons (Fsp3) is 0.632. The molecule has 0 N–H and O–H groups in total. The van der Waals surface area contributed by atoms with Gasteiger partial charge in [0.05, 0.1) is 17.5 Å². The zero-order chi connectivity index (χ0) is 17.4. The molecule has 0 radical (unpaired) electrons. The smallest absolute Gasteiger partial charge is 0.255 e. The molecule has 1 aliphatic carbocycles. The number of carbonyl (C=O) groups is 1. The van der Waals surface area contributed by atoms with E-state index in [9.17, 15) is 4.79 Å². The average molecular weight is 328 g/mol. The first-order valence-corrected chi connectivity index (χ1v) is 9.00. The van der Waals surface area contributed by atoms with E-state index in [1.807, 2.05) is 29.6 Å². The number of hydrogen-bond acceptors (Lipinski definition) is 3. The monoisotopic (exact) mass is 328 g/mol. The first-order valence-electron chi connectivity index (χ1n) is 9.00. The van der Waals surface area contributed by atoms with Crippen LogP contribution >= 0.6 is 0 Å². The fourth-order valence-electron chi connectivity index (χ4n) is 3.65. The molecular weight excluding hydrogens is 300 g/mol. The molecule has 1 aliphatic rings. The zero-order valence-corrected chi connectivity index (χ0v) is 15.4. The minimum atomic E-state index is 0.0822. The summed E-state index contributed by atoms with van der Waals surface area (Å²) in [5, 5.41) is 5.34. The minimum absolute atomic E-state index is 0.0822. The Balaban J connectivity index is 1.88. The van der Waals surface area contributed by atoms with Crippen LogP contribution in [0.5, 0.6) is 0 Å². The Kier molecular flexibility index (Phi) is 4.61. The molecule has 3 rings (SSSR count). The zero-order valence-electron chi connectivity index (χ0n) is 15.4. The van der Waals surface area contributed by atoms with Crippen molar-refractivity contribution in [3.05, 3.63) is 23.5 Å². The Morgan fingerprint density at radius 3 is 2.58 bits per heavy atom. The van der Waals surface area contributed by atoms with E-state index in [2.05, 4.69) is 30.9 Å². The highest BCUT2D eigenvalue weighted by Crippen LogP contribution is 2.28. The van der Waals surface area contributed by atoms with Crippen LogP contribution in [0.2, 0.25) is 0 Å². The number of amides is 1. The van der Waals surface area contributed by atoms with Crippen LogP contribution in [-0.4, -0.2) is 38.7 Å². The molecule has 1 amide bonds. The molecule has 5 heteroatoms. The average Bonchev–Trinajstić information content (AvgIpc) is 2.96. The summed E-state index contributed by atoms with van der Waals surface area (Å²) >= 11 is 0. The molecule has 1 fully saturated rings. The molecule has 0 saturated heterocycles. The quantitative estimate of drug-likeness (QED) is 0.856. The van der Waals surface area contributed by atoms with Gasteiger partial charge in [-0.1, -0.05) is 6.92 Å². The van der Waals surface area contributed by atoms with Crippen molar-refractivity contribution in [3.63, 3.8) is 0 Å². The third-order valence-corrected chi connectivity index (χ3v) is 5.33. The number of aromatic nitrogens is 3. The molecule has 0 atom stereocenters. The van der Waals surface area contributed by atoms with E-state index in [1.165, 1.54) is 12.8 Å². The molecule has 2 heterocycles. The van der Waals surface area contributed by atoms with Crippen LogP contribution in [0.25, 0.3) is 11.0 Å². The number of hydrogen-bond donors (Lipinski definition) is 0. The first-order chi connectivity index (χ1) is 11.4. The van der Waals surface area contributed by atoms with Gasteiger partial charge in [-0.05, 0) is 58.4 Å². The van der Waals surface area contributed by atoms with Crippen LogP contribution in [0.4, 0.5) is 0 Å². The van der Waals surface area contributed by atoms with E-state index < -0.39 is 0 Å². The highest BCUT2D eigenvalue weighted by molar-refractivity contribution is 5.98. The molecule has 0 spiro atoms. The second-order valence-electron chi connectivity index (χ2n) is 7.55. The Hall–Kier alpha value is -1.91. The first kappa shape index (κ1) is 16.9. The van der Waals surface area contributed by atoms with E-state index >= 15 is 0 Å². The molecule has 0 aromatic carbocycles. The van der Waals surface area contributed by atoms with Gasteiger partial charge in [0, 0.05) is 24.5 Å².